The minimum Gasteiger partial charge on any atom is -0.461 e. The molecule has 0 aliphatic carbocycles. The summed E-state index contributed by atoms with van der Waals surface area (Å²) in [6.07, 6.45) is 0.161. The molecule has 13 heavy (non-hydrogen) atoms. The predicted molar refractivity (Wildman–Crippen MR) is 49.1 cm³/mol. The standard InChI is InChI=1S/C10H9NO2/c11-10(12)6-8-5-7-3-1-2-4-9(7)13-8/h1-5H,6H2,(H2,11,12). The summed E-state index contributed by atoms with van der Waals surface area (Å²) in [6, 6.07) is 9.44. The van der Waals surface area contributed by atoms with Crippen LogP contribution in [0.4, 0.5) is 0 Å². The fourth-order valence-corrected chi connectivity index (χ4v) is 1.30. The third-order valence-electron chi connectivity index (χ3n) is 1.83. The Morgan fingerprint density at radius 1 is 1.38 bits per heavy atom. The van der Waals surface area contributed by atoms with Gasteiger partial charge in [0.1, 0.15) is 11.3 Å². The van der Waals surface area contributed by atoms with Gasteiger partial charge >= 0.3 is 0 Å². The van der Waals surface area contributed by atoms with Crippen LogP contribution in [0.15, 0.2) is 34.7 Å². The highest BCUT2D eigenvalue weighted by Crippen LogP contribution is 2.18. The van der Waals surface area contributed by atoms with E-state index in [1.54, 1.807) is 0 Å². The van der Waals surface area contributed by atoms with Crippen molar-refractivity contribution in [2.45, 2.75) is 6.42 Å². The molecule has 0 fully saturated rings. The van der Waals surface area contributed by atoms with E-state index < -0.39 is 0 Å². The van der Waals surface area contributed by atoms with Gasteiger partial charge in [-0.2, -0.15) is 0 Å². The van der Waals surface area contributed by atoms with Gasteiger partial charge in [-0.1, -0.05) is 18.2 Å². The monoisotopic (exact) mass is 175 g/mol. The second-order valence-electron chi connectivity index (χ2n) is 2.89. The molecule has 0 saturated heterocycles. The number of nitrogens with two attached hydrogens (primary N) is 1. The molecule has 1 amide bonds. The normalized spacial score (nSPS) is 10.5. The van der Waals surface area contributed by atoms with E-state index in [0.717, 1.165) is 11.0 Å². The summed E-state index contributed by atoms with van der Waals surface area (Å²) in [5, 5.41) is 0.999. The van der Waals surface area contributed by atoms with E-state index in [9.17, 15) is 4.79 Å². The molecular weight excluding hydrogens is 166 g/mol. The fraction of sp³-hybridized carbons (Fsp3) is 0.100. The summed E-state index contributed by atoms with van der Waals surface area (Å²) < 4.78 is 5.38. The minimum absolute atomic E-state index is 0.161. The highest BCUT2D eigenvalue weighted by molar-refractivity contribution is 5.81. The largest absolute Gasteiger partial charge is 0.461 e. The quantitative estimate of drug-likeness (QED) is 0.751. The van der Waals surface area contributed by atoms with E-state index in [-0.39, 0.29) is 12.3 Å². The summed E-state index contributed by atoms with van der Waals surface area (Å²) >= 11 is 0. The van der Waals surface area contributed by atoms with Gasteiger partial charge in [-0.25, -0.2) is 0 Å². The lowest BCUT2D eigenvalue weighted by molar-refractivity contribution is -0.117. The molecule has 0 aliphatic heterocycles. The van der Waals surface area contributed by atoms with E-state index in [0.29, 0.717) is 5.76 Å². The Hall–Kier alpha value is -1.77. The van der Waals surface area contributed by atoms with Crippen LogP contribution in [-0.2, 0) is 11.2 Å². The SMILES string of the molecule is NC(=O)Cc1cc2ccccc2o1. The Bertz CT molecular complexity index is 412. The first-order valence-electron chi connectivity index (χ1n) is 4.01. The van der Waals surface area contributed by atoms with Crippen molar-refractivity contribution in [3.05, 3.63) is 36.1 Å². The van der Waals surface area contributed by atoms with Crippen LogP contribution in [0, 0.1) is 0 Å². The molecular formula is C10H9NO2. The molecule has 1 aromatic carbocycles. The molecule has 1 aromatic heterocycles. The number of primary amides is 1. The van der Waals surface area contributed by atoms with E-state index in [1.807, 2.05) is 30.3 Å². The first kappa shape index (κ1) is 7.86. The number of carbonyl (C=O) groups is 1. The summed E-state index contributed by atoms with van der Waals surface area (Å²) in [6.45, 7) is 0. The van der Waals surface area contributed by atoms with Crippen LogP contribution in [0.25, 0.3) is 11.0 Å². The molecule has 0 saturated carbocycles. The van der Waals surface area contributed by atoms with Gasteiger partial charge in [0, 0.05) is 5.39 Å². The number of benzene rings is 1. The van der Waals surface area contributed by atoms with Crippen LogP contribution in [0.1, 0.15) is 5.76 Å². The molecule has 2 rings (SSSR count). The number of furan rings is 1. The van der Waals surface area contributed by atoms with Gasteiger partial charge in [-0.05, 0) is 12.1 Å². The van der Waals surface area contributed by atoms with Gasteiger partial charge < -0.3 is 10.2 Å². The van der Waals surface area contributed by atoms with Crippen LogP contribution >= 0.6 is 0 Å². The van der Waals surface area contributed by atoms with Crippen LogP contribution in [0.5, 0.6) is 0 Å². The third-order valence-corrected chi connectivity index (χ3v) is 1.83. The Labute approximate surface area is 75.1 Å². The molecule has 3 heteroatoms. The maximum absolute atomic E-state index is 10.6. The topological polar surface area (TPSA) is 56.2 Å². The number of amides is 1. The second-order valence-corrected chi connectivity index (χ2v) is 2.89. The van der Waals surface area contributed by atoms with Crippen molar-refractivity contribution in [1.29, 1.82) is 0 Å². The fourth-order valence-electron chi connectivity index (χ4n) is 1.30. The van der Waals surface area contributed by atoms with E-state index in [4.69, 9.17) is 10.2 Å². The lowest BCUT2D eigenvalue weighted by Gasteiger charge is -1.87. The van der Waals surface area contributed by atoms with Crippen molar-refractivity contribution in [3.63, 3.8) is 0 Å². The van der Waals surface area contributed by atoms with Crippen LogP contribution in [0.2, 0.25) is 0 Å². The molecule has 0 unspecified atom stereocenters. The van der Waals surface area contributed by atoms with Gasteiger partial charge in [-0.15, -0.1) is 0 Å². The average Bonchev–Trinajstić information content (AvgIpc) is 2.44. The molecule has 0 radical (unpaired) electrons. The number of para-hydroxylation sites is 1. The zero-order valence-corrected chi connectivity index (χ0v) is 6.99. The average molecular weight is 175 g/mol. The van der Waals surface area contributed by atoms with Crippen LogP contribution in [-0.4, -0.2) is 5.91 Å². The van der Waals surface area contributed by atoms with Crippen LogP contribution < -0.4 is 5.73 Å². The highest BCUT2D eigenvalue weighted by atomic mass is 16.3. The van der Waals surface area contributed by atoms with E-state index >= 15 is 0 Å². The predicted octanol–water partition coefficient (Wildman–Crippen LogP) is 1.46. The second kappa shape index (κ2) is 2.94. The van der Waals surface area contributed by atoms with Crippen LogP contribution in [0.3, 0.4) is 0 Å². The zero-order chi connectivity index (χ0) is 9.26. The Morgan fingerprint density at radius 3 is 2.85 bits per heavy atom. The van der Waals surface area contributed by atoms with Crippen molar-refractivity contribution in [3.8, 4) is 0 Å². The van der Waals surface area contributed by atoms with Crippen molar-refractivity contribution in [1.82, 2.24) is 0 Å². The summed E-state index contributed by atoms with van der Waals surface area (Å²) in [5.41, 5.74) is 5.84. The van der Waals surface area contributed by atoms with Crippen molar-refractivity contribution in [2.75, 3.05) is 0 Å². The number of carbonyl (C=O) groups excluding carboxylic acids is 1. The van der Waals surface area contributed by atoms with Gasteiger partial charge in [0.25, 0.3) is 0 Å². The maximum Gasteiger partial charge on any atom is 0.225 e. The smallest absolute Gasteiger partial charge is 0.225 e. The number of hydrogen-bond acceptors (Lipinski definition) is 2. The van der Waals surface area contributed by atoms with Crippen molar-refractivity contribution in [2.24, 2.45) is 5.73 Å². The Kier molecular flexibility index (Phi) is 1.77. The van der Waals surface area contributed by atoms with Gasteiger partial charge in [0.05, 0.1) is 6.42 Å². The molecule has 1 heterocycles. The molecule has 2 N–H and O–H groups in total. The number of rotatable bonds is 2. The lowest BCUT2D eigenvalue weighted by atomic mass is 10.2. The maximum atomic E-state index is 10.6. The molecule has 0 bridgehead atoms. The summed E-state index contributed by atoms with van der Waals surface area (Å²) in [4.78, 5) is 10.6. The Morgan fingerprint density at radius 2 is 2.15 bits per heavy atom. The molecule has 0 aliphatic rings. The van der Waals surface area contributed by atoms with Crippen molar-refractivity contribution < 1.29 is 9.21 Å². The molecule has 3 nitrogen and oxygen atoms in total. The summed E-state index contributed by atoms with van der Waals surface area (Å²) in [5.74, 6) is 0.243. The highest BCUT2D eigenvalue weighted by Gasteiger charge is 2.04. The molecule has 2 aromatic rings. The first-order chi connectivity index (χ1) is 6.25. The minimum atomic E-state index is -0.376. The molecule has 0 spiro atoms. The van der Waals surface area contributed by atoms with Gasteiger partial charge in [0.2, 0.25) is 5.91 Å². The van der Waals surface area contributed by atoms with E-state index in [2.05, 4.69) is 0 Å². The lowest BCUT2D eigenvalue weighted by Crippen LogP contribution is -2.12. The molecule has 0 atom stereocenters. The van der Waals surface area contributed by atoms with Crippen molar-refractivity contribution >= 4 is 16.9 Å². The van der Waals surface area contributed by atoms with Gasteiger partial charge in [0.15, 0.2) is 0 Å². The Balaban J connectivity index is 2.44. The zero-order valence-electron chi connectivity index (χ0n) is 6.99. The van der Waals surface area contributed by atoms with Gasteiger partial charge in [-0.3, -0.25) is 4.79 Å². The first-order valence-corrected chi connectivity index (χ1v) is 4.01. The summed E-state index contributed by atoms with van der Waals surface area (Å²) in [7, 11) is 0. The third kappa shape index (κ3) is 1.54. The number of hydrogen-bond donors (Lipinski definition) is 1. The number of fused-ring (bicyclic) bond motifs is 1. The van der Waals surface area contributed by atoms with E-state index in [1.165, 1.54) is 0 Å². The molecule has 66 valence electrons.